The van der Waals surface area contributed by atoms with E-state index >= 15 is 0 Å². The molecule has 0 spiro atoms. The highest BCUT2D eigenvalue weighted by molar-refractivity contribution is 5.82. The van der Waals surface area contributed by atoms with Gasteiger partial charge in [-0.3, -0.25) is 4.79 Å². The Bertz CT molecular complexity index is 210. The average Bonchev–Trinajstić information content (AvgIpc) is 2.44. The molecule has 4 N–H and O–H groups in total. The van der Waals surface area contributed by atoms with Gasteiger partial charge < -0.3 is 20.8 Å². The molecule has 0 bridgehead atoms. The van der Waals surface area contributed by atoms with E-state index in [1.807, 2.05) is 13.8 Å². The minimum absolute atomic E-state index is 0.0670. The largest absolute Gasteiger partial charge is 0.388 e. The molecule has 5 nitrogen and oxygen atoms in total. The maximum absolute atomic E-state index is 11.7. The van der Waals surface area contributed by atoms with E-state index in [1.165, 1.54) is 4.90 Å². The summed E-state index contributed by atoms with van der Waals surface area (Å²) in [5, 5.41) is 18.5. The first-order chi connectivity index (χ1) is 6.43. The van der Waals surface area contributed by atoms with Crippen LogP contribution in [0.3, 0.4) is 0 Å². The Balaban J connectivity index is 2.55. The van der Waals surface area contributed by atoms with E-state index in [2.05, 4.69) is 0 Å². The molecule has 1 aliphatic rings. The van der Waals surface area contributed by atoms with Crippen molar-refractivity contribution >= 4 is 5.91 Å². The van der Waals surface area contributed by atoms with E-state index in [9.17, 15) is 15.0 Å². The molecule has 1 rings (SSSR count). The molecule has 0 saturated carbocycles. The molecule has 1 fully saturated rings. The van der Waals surface area contributed by atoms with Gasteiger partial charge in [0, 0.05) is 13.1 Å². The number of amides is 1. The maximum atomic E-state index is 11.7. The lowest BCUT2D eigenvalue weighted by Gasteiger charge is -2.22. The maximum Gasteiger partial charge on any atom is 0.239 e. The third kappa shape index (κ3) is 2.23. The van der Waals surface area contributed by atoms with Crippen molar-refractivity contribution in [3.63, 3.8) is 0 Å². The topological polar surface area (TPSA) is 86.8 Å². The van der Waals surface area contributed by atoms with E-state index in [0.717, 1.165) is 0 Å². The molecule has 1 aliphatic heterocycles. The van der Waals surface area contributed by atoms with Crippen LogP contribution in [0.5, 0.6) is 0 Å². The van der Waals surface area contributed by atoms with Gasteiger partial charge in [0.1, 0.15) is 0 Å². The molecule has 0 aromatic heterocycles. The van der Waals surface area contributed by atoms with Gasteiger partial charge in [0.2, 0.25) is 5.91 Å². The van der Waals surface area contributed by atoms with Crippen LogP contribution in [0.25, 0.3) is 0 Å². The van der Waals surface area contributed by atoms with Crippen LogP contribution in [0.1, 0.15) is 13.8 Å². The smallest absolute Gasteiger partial charge is 0.239 e. The third-order valence-corrected chi connectivity index (χ3v) is 2.57. The highest BCUT2D eigenvalue weighted by Crippen LogP contribution is 2.13. The fourth-order valence-electron chi connectivity index (χ4n) is 1.45. The lowest BCUT2D eigenvalue weighted by atomic mass is 10.0. The molecule has 2 unspecified atom stereocenters. The predicted molar refractivity (Wildman–Crippen MR) is 51.4 cm³/mol. The molecule has 82 valence electrons. The van der Waals surface area contributed by atoms with Gasteiger partial charge in [0.05, 0.1) is 18.2 Å². The Labute approximate surface area is 83.5 Å². The van der Waals surface area contributed by atoms with E-state index in [4.69, 9.17) is 5.73 Å². The van der Waals surface area contributed by atoms with E-state index in [1.54, 1.807) is 0 Å². The van der Waals surface area contributed by atoms with Gasteiger partial charge in [0.25, 0.3) is 0 Å². The number of likely N-dealkylation sites (tertiary alicyclic amines) is 1. The van der Waals surface area contributed by atoms with Crippen molar-refractivity contribution < 1.29 is 15.0 Å². The minimum Gasteiger partial charge on any atom is -0.388 e. The second kappa shape index (κ2) is 4.25. The van der Waals surface area contributed by atoms with Crippen LogP contribution < -0.4 is 5.73 Å². The molecule has 0 aromatic rings. The summed E-state index contributed by atoms with van der Waals surface area (Å²) in [4.78, 5) is 13.1. The van der Waals surface area contributed by atoms with Crippen LogP contribution in [0.15, 0.2) is 0 Å². The first-order valence-electron chi connectivity index (χ1n) is 4.84. The zero-order valence-electron chi connectivity index (χ0n) is 8.55. The van der Waals surface area contributed by atoms with Gasteiger partial charge in [-0.05, 0) is 5.92 Å². The number of nitrogens with two attached hydrogens (primary N) is 1. The molecule has 0 aliphatic carbocycles. The van der Waals surface area contributed by atoms with Crippen molar-refractivity contribution in [3.8, 4) is 0 Å². The summed E-state index contributed by atoms with van der Waals surface area (Å²) >= 11 is 0. The molecule has 1 heterocycles. The van der Waals surface area contributed by atoms with Crippen molar-refractivity contribution in [1.82, 2.24) is 4.90 Å². The van der Waals surface area contributed by atoms with E-state index in [0.29, 0.717) is 0 Å². The zero-order chi connectivity index (χ0) is 10.9. The van der Waals surface area contributed by atoms with Crippen LogP contribution in [0.4, 0.5) is 0 Å². The number of rotatable bonds is 2. The van der Waals surface area contributed by atoms with Gasteiger partial charge in [-0.1, -0.05) is 13.8 Å². The number of nitrogens with zero attached hydrogens (tertiary/aromatic N) is 1. The van der Waals surface area contributed by atoms with Crippen LogP contribution in [-0.2, 0) is 4.79 Å². The van der Waals surface area contributed by atoms with Crippen molar-refractivity contribution in [2.75, 3.05) is 13.1 Å². The summed E-state index contributed by atoms with van der Waals surface area (Å²) in [5.41, 5.74) is 5.68. The molecule has 0 radical (unpaired) electrons. The van der Waals surface area contributed by atoms with Crippen LogP contribution in [0, 0.1) is 5.92 Å². The highest BCUT2D eigenvalue weighted by Gasteiger charge is 2.35. The Morgan fingerprint density at radius 3 is 2.14 bits per heavy atom. The Hall–Kier alpha value is -0.650. The number of carbonyl (C=O) groups is 1. The molecule has 1 saturated heterocycles. The van der Waals surface area contributed by atoms with Crippen LogP contribution in [0.2, 0.25) is 0 Å². The average molecular weight is 202 g/mol. The first kappa shape index (κ1) is 11.4. The first-order valence-corrected chi connectivity index (χ1v) is 4.84. The summed E-state index contributed by atoms with van der Waals surface area (Å²) in [5.74, 6) is -0.131. The number of hydrogen-bond acceptors (Lipinski definition) is 4. The second-order valence-corrected chi connectivity index (χ2v) is 4.15. The lowest BCUT2D eigenvalue weighted by molar-refractivity contribution is -0.133. The Morgan fingerprint density at radius 2 is 1.79 bits per heavy atom. The number of β-amino-alcohol motifs (C(OH)–C–C–N with tert-alkyl or cyclic N) is 2. The quantitative estimate of drug-likeness (QED) is 0.510. The molecule has 5 heteroatoms. The fourth-order valence-corrected chi connectivity index (χ4v) is 1.45. The Morgan fingerprint density at radius 1 is 1.36 bits per heavy atom. The molecular formula is C9H18N2O3. The molecule has 0 aromatic carbocycles. The van der Waals surface area contributed by atoms with Crippen LogP contribution >= 0.6 is 0 Å². The number of aliphatic hydroxyl groups excluding tert-OH is 2. The monoisotopic (exact) mass is 202 g/mol. The van der Waals surface area contributed by atoms with E-state index in [-0.39, 0.29) is 24.9 Å². The summed E-state index contributed by atoms with van der Waals surface area (Å²) in [6, 6.07) is -0.549. The van der Waals surface area contributed by atoms with Crippen molar-refractivity contribution in [1.29, 1.82) is 0 Å². The summed E-state index contributed by atoms with van der Waals surface area (Å²) < 4.78 is 0. The highest BCUT2D eigenvalue weighted by atomic mass is 16.3. The number of aliphatic hydroxyl groups is 2. The minimum atomic E-state index is -0.835. The van der Waals surface area contributed by atoms with E-state index < -0.39 is 18.2 Å². The van der Waals surface area contributed by atoms with Crippen LogP contribution in [-0.4, -0.2) is 52.4 Å². The predicted octanol–water partition coefficient (Wildman–Crippen LogP) is -1.47. The van der Waals surface area contributed by atoms with Gasteiger partial charge in [-0.25, -0.2) is 0 Å². The standard InChI is InChI=1S/C9H18N2O3/c1-5(2)8(10)9(14)11-3-6(12)7(13)4-11/h5-8,12-13H,3-4,10H2,1-2H3/t6?,7?,8-/m1/s1. The van der Waals surface area contributed by atoms with Crippen molar-refractivity contribution in [2.45, 2.75) is 32.1 Å². The lowest BCUT2D eigenvalue weighted by Crippen LogP contribution is -2.46. The van der Waals surface area contributed by atoms with Gasteiger partial charge in [-0.15, -0.1) is 0 Å². The normalized spacial score (nSPS) is 29.7. The third-order valence-electron chi connectivity index (χ3n) is 2.57. The van der Waals surface area contributed by atoms with Crippen molar-refractivity contribution in [3.05, 3.63) is 0 Å². The Kier molecular flexibility index (Phi) is 3.47. The molecular weight excluding hydrogens is 184 g/mol. The second-order valence-electron chi connectivity index (χ2n) is 4.15. The number of hydrogen-bond donors (Lipinski definition) is 3. The van der Waals surface area contributed by atoms with Gasteiger partial charge in [-0.2, -0.15) is 0 Å². The summed E-state index contributed by atoms with van der Waals surface area (Å²) in [6.45, 7) is 4.10. The number of carbonyl (C=O) groups excluding carboxylic acids is 1. The SMILES string of the molecule is CC(C)[C@@H](N)C(=O)N1CC(O)C(O)C1. The van der Waals surface area contributed by atoms with Gasteiger partial charge in [0.15, 0.2) is 0 Å². The summed E-state index contributed by atoms with van der Waals surface area (Å²) in [6.07, 6.45) is -1.67. The summed E-state index contributed by atoms with van der Waals surface area (Å²) in [7, 11) is 0. The van der Waals surface area contributed by atoms with Crippen molar-refractivity contribution in [2.24, 2.45) is 11.7 Å². The molecule has 14 heavy (non-hydrogen) atoms. The molecule has 3 atom stereocenters. The molecule has 1 amide bonds. The fraction of sp³-hybridized carbons (Fsp3) is 0.889. The zero-order valence-corrected chi connectivity index (χ0v) is 8.55. The van der Waals surface area contributed by atoms with Gasteiger partial charge >= 0.3 is 0 Å².